The molecule has 0 spiro atoms. The van der Waals surface area contributed by atoms with E-state index in [1.165, 1.54) is 19.3 Å². The summed E-state index contributed by atoms with van der Waals surface area (Å²) in [6.45, 7) is 4.48. The minimum absolute atomic E-state index is 0.376. The first-order valence-electron chi connectivity index (χ1n) is 6.93. The van der Waals surface area contributed by atoms with Crippen LogP contribution in [-0.2, 0) is 4.74 Å². The molecule has 0 aromatic heterocycles. The zero-order valence-electron chi connectivity index (χ0n) is 11.6. The zero-order chi connectivity index (χ0) is 14.5. The van der Waals surface area contributed by atoms with Gasteiger partial charge in [0.1, 0.15) is 6.61 Å². The van der Waals surface area contributed by atoms with E-state index >= 15 is 0 Å². The lowest BCUT2D eigenvalue weighted by molar-refractivity contribution is 0.0416. The molecule has 1 aromatic rings. The fraction of sp³-hybridized carbons (Fsp3) is 0.533. The molecule has 5 heteroatoms. The summed E-state index contributed by atoms with van der Waals surface area (Å²) in [7, 11) is 0. The van der Waals surface area contributed by atoms with Crippen LogP contribution in [0.2, 0.25) is 10.0 Å². The van der Waals surface area contributed by atoms with Crippen molar-refractivity contribution in [2.24, 2.45) is 0 Å². The SMILES string of the molecule is CC1CCCCN1CCOC(=O)c1cc(Cl)cc(Cl)c1. The first-order chi connectivity index (χ1) is 9.56. The summed E-state index contributed by atoms with van der Waals surface area (Å²) in [4.78, 5) is 14.3. The van der Waals surface area contributed by atoms with Crippen LogP contribution in [0.15, 0.2) is 18.2 Å². The van der Waals surface area contributed by atoms with Gasteiger partial charge in [0.05, 0.1) is 5.56 Å². The summed E-state index contributed by atoms with van der Waals surface area (Å²) in [5.74, 6) is -0.376. The van der Waals surface area contributed by atoms with Crippen LogP contribution in [-0.4, -0.2) is 36.6 Å². The van der Waals surface area contributed by atoms with Crippen LogP contribution in [0.5, 0.6) is 0 Å². The van der Waals surface area contributed by atoms with Gasteiger partial charge in [-0.05, 0) is 44.5 Å². The standard InChI is InChI=1S/C15H19Cl2NO2/c1-11-4-2-3-5-18(11)6-7-20-15(19)12-8-13(16)10-14(17)9-12/h8-11H,2-7H2,1H3. The molecule has 0 aliphatic carbocycles. The Morgan fingerprint density at radius 1 is 1.30 bits per heavy atom. The van der Waals surface area contributed by atoms with Crippen molar-refractivity contribution >= 4 is 29.2 Å². The van der Waals surface area contributed by atoms with Crippen LogP contribution < -0.4 is 0 Å². The smallest absolute Gasteiger partial charge is 0.338 e. The molecule has 1 saturated heterocycles. The molecule has 1 aliphatic rings. The van der Waals surface area contributed by atoms with E-state index in [4.69, 9.17) is 27.9 Å². The van der Waals surface area contributed by atoms with Crippen LogP contribution >= 0.6 is 23.2 Å². The van der Waals surface area contributed by atoms with Crippen molar-refractivity contribution in [3.05, 3.63) is 33.8 Å². The Hall–Kier alpha value is -0.770. The summed E-state index contributed by atoms with van der Waals surface area (Å²) in [5, 5.41) is 0.878. The van der Waals surface area contributed by atoms with Crippen LogP contribution in [0.1, 0.15) is 36.5 Å². The number of piperidine rings is 1. The number of hydrogen-bond donors (Lipinski definition) is 0. The molecule has 20 heavy (non-hydrogen) atoms. The van der Waals surface area contributed by atoms with Crippen molar-refractivity contribution in [2.45, 2.75) is 32.2 Å². The third kappa shape index (κ3) is 4.37. The molecule has 0 N–H and O–H groups in total. The van der Waals surface area contributed by atoms with Gasteiger partial charge in [-0.1, -0.05) is 29.6 Å². The molecule has 0 amide bonds. The number of carbonyl (C=O) groups is 1. The minimum Gasteiger partial charge on any atom is -0.461 e. The molecule has 1 atom stereocenters. The van der Waals surface area contributed by atoms with Gasteiger partial charge in [-0.25, -0.2) is 4.79 Å². The maximum Gasteiger partial charge on any atom is 0.338 e. The number of benzene rings is 1. The molecule has 110 valence electrons. The van der Waals surface area contributed by atoms with Gasteiger partial charge in [0.15, 0.2) is 0 Å². The van der Waals surface area contributed by atoms with E-state index < -0.39 is 0 Å². The first kappa shape index (κ1) is 15.6. The Kier molecular flexibility index (Phi) is 5.70. The van der Waals surface area contributed by atoms with Crippen LogP contribution in [0.4, 0.5) is 0 Å². The molecule has 0 bridgehead atoms. The number of halogens is 2. The fourth-order valence-corrected chi connectivity index (χ4v) is 3.03. The molecule has 1 aromatic carbocycles. The van der Waals surface area contributed by atoms with Crippen LogP contribution in [0.25, 0.3) is 0 Å². The van der Waals surface area contributed by atoms with E-state index in [1.54, 1.807) is 18.2 Å². The second kappa shape index (κ2) is 7.30. The van der Waals surface area contributed by atoms with E-state index in [9.17, 15) is 4.79 Å². The van der Waals surface area contributed by atoms with Crippen molar-refractivity contribution in [1.29, 1.82) is 0 Å². The average Bonchev–Trinajstić information content (AvgIpc) is 2.39. The molecular formula is C15H19Cl2NO2. The molecule has 0 saturated carbocycles. The maximum absolute atomic E-state index is 11.9. The lowest BCUT2D eigenvalue weighted by atomic mass is 10.0. The number of ether oxygens (including phenoxy) is 1. The predicted molar refractivity (Wildman–Crippen MR) is 81.6 cm³/mol. The molecule has 1 heterocycles. The summed E-state index contributed by atoms with van der Waals surface area (Å²) in [6.07, 6.45) is 3.73. The first-order valence-corrected chi connectivity index (χ1v) is 7.69. The lowest BCUT2D eigenvalue weighted by Gasteiger charge is -2.32. The van der Waals surface area contributed by atoms with Gasteiger partial charge >= 0.3 is 5.97 Å². The largest absolute Gasteiger partial charge is 0.461 e. The summed E-state index contributed by atoms with van der Waals surface area (Å²) < 4.78 is 5.29. The van der Waals surface area contributed by atoms with Crippen molar-refractivity contribution < 1.29 is 9.53 Å². The highest BCUT2D eigenvalue weighted by atomic mass is 35.5. The second-order valence-corrected chi connectivity index (χ2v) is 6.05. The Bertz CT molecular complexity index is 459. The highest BCUT2D eigenvalue weighted by Crippen LogP contribution is 2.20. The lowest BCUT2D eigenvalue weighted by Crippen LogP contribution is -2.39. The average molecular weight is 316 g/mol. The molecule has 1 unspecified atom stereocenters. The summed E-state index contributed by atoms with van der Waals surface area (Å²) in [5.41, 5.74) is 0.397. The van der Waals surface area contributed by atoms with Gasteiger partial charge < -0.3 is 4.74 Å². The third-order valence-electron chi connectivity index (χ3n) is 3.65. The van der Waals surface area contributed by atoms with E-state index in [0.717, 1.165) is 13.1 Å². The fourth-order valence-electron chi connectivity index (χ4n) is 2.50. The Morgan fingerprint density at radius 3 is 2.65 bits per heavy atom. The molecule has 1 fully saturated rings. The molecular weight excluding hydrogens is 297 g/mol. The summed E-state index contributed by atoms with van der Waals surface area (Å²) in [6, 6.07) is 5.30. The van der Waals surface area contributed by atoms with Gasteiger partial charge in [-0.2, -0.15) is 0 Å². The monoisotopic (exact) mass is 315 g/mol. The topological polar surface area (TPSA) is 29.5 Å². The maximum atomic E-state index is 11.9. The van der Waals surface area contributed by atoms with Crippen molar-refractivity contribution in [3.8, 4) is 0 Å². The minimum atomic E-state index is -0.376. The molecule has 3 nitrogen and oxygen atoms in total. The van der Waals surface area contributed by atoms with E-state index in [0.29, 0.717) is 28.3 Å². The van der Waals surface area contributed by atoms with Gasteiger partial charge in [0.25, 0.3) is 0 Å². The number of carbonyl (C=O) groups excluding carboxylic acids is 1. The quantitative estimate of drug-likeness (QED) is 0.786. The number of hydrogen-bond acceptors (Lipinski definition) is 3. The van der Waals surface area contributed by atoms with Gasteiger partial charge in [0.2, 0.25) is 0 Å². The van der Waals surface area contributed by atoms with E-state index in [1.807, 2.05) is 0 Å². The highest BCUT2D eigenvalue weighted by molar-refractivity contribution is 6.35. The van der Waals surface area contributed by atoms with Crippen LogP contribution in [0, 0.1) is 0 Å². The third-order valence-corrected chi connectivity index (χ3v) is 4.09. The van der Waals surface area contributed by atoms with E-state index in [-0.39, 0.29) is 5.97 Å². The highest BCUT2D eigenvalue weighted by Gasteiger charge is 2.18. The molecule has 1 aliphatic heterocycles. The Morgan fingerprint density at radius 2 is 2.00 bits per heavy atom. The van der Waals surface area contributed by atoms with Crippen LogP contribution in [0.3, 0.4) is 0 Å². The van der Waals surface area contributed by atoms with E-state index in [2.05, 4.69) is 11.8 Å². The van der Waals surface area contributed by atoms with Crippen molar-refractivity contribution in [1.82, 2.24) is 4.90 Å². The second-order valence-electron chi connectivity index (χ2n) is 5.17. The summed E-state index contributed by atoms with van der Waals surface area (Å²) >= 11 is 11.7. The number of esters is 1. The van der Waals surface area contributed by atoms with Gasteiger partial charge in [-0.15, -0.1) is 0 Å². The molecule has 2 rings (SSSR count). The normalized spacial score (nSPS) is 19.9. The van der Waals surface area contributed by atoms with Crippen molar-refractivity contribution in [3.63, 3.8) is 0 Å². The Balaban J connectivity index is 1.82. The molecule has 0 radical (unpaired) electrons. The predicted octanol–water partition coefficient (Wildman–Crippen LogP) is 4.02. The number of rotatable bonds is 4. The number of likely N-dealkylation sites (tertiary alicyclic amines) is 1. The zero-order valence-corrected chi connectivity index (χ0v) is 13.1. The van der Waals surface area contributed by atoms with Gasteiger partial charge in [-0.3, -0.25) is 4.90 Å². The number of nitrogens with zero attached hydrogens (tertiary/aromatic N) is 1. The van der Waals surface area contributed by atoms with Gasteiger partial charge in [0, 0.05) is 22.6 Å². The van der Waals surface area contributed by atoms with Crippen molar-refractivity contribution in [2.75, 3.05) is 19.7 Å². The Labute approximate surface area is 129 Å².